The van der Waals surface area contributed by atoms with Gasteiger partial charge >= 0.3 is 12.3 Å². The molecule has 0 amide bonds. The van der Waals surface area contributed by atoms with Crippen molar-refractivity contribution in [2.75, 3.05) is 18.2 Å². The average molecular weight is 483 g/mol. The zero-order valence-electron chi connectivity index (χ0n) is 17.7. The van der Waals surface area contributed by atoms with Gasteiger partial charge in [-0.15, -0.1) is 13.2 Å². The topological polar surface area (TPSA) is 118 Å². The minimum atomic E-state index is -4.94. The highest BCUT2D eigenvalue weighted by molar-refractivity contribution is 7.91. The molecule has 8 nitrogen and oxygen atoms in total. The number of ether oxygens (including phenoxy) is 2. The first-order chi connectivity index (χ1) is 15.4. The molecule has 1 aliphatic carbocycles. The molecule has 2 aromatic rings. The molecule has 12 heteroatoms. The predicted molar refractivity (Wildman–Crippen MR) is 110 cm³/mol. The van der Waals surface area contributed by atoms with Crippen LogP contribution in [0.5, 0.6) is 5.75 Å². The minimum Gasteiger partial charge on any atom is -0.465 e. The fourth-order valence-corrected chi connectivity index (χ4v) is 4.24. The number of nitrogens with zero attached hydrogens (tertiary/aromatic N) is 2. The molecule has 0 aliphatic heterocycles. The van der Waals surface area contributed by atoms with Crippen LogP contribution in [0.25, 0.3) is 0 Å². The quantitative estimate of drug-likeness (QED) is 0.565. The lowest BCUT2D eigenvalue weighted by Gasteiger charge is -2.16. The van der Waals surface area contributed by atoms with Crippen LogP contribution < -0.4 is 10.1 Å². The molecule has 1 N–H and O–H groups in total. The normalized spacial score (nSPS) is 14.8. The van der Waals surface area contributed by atoms with E-state index in [1.165, 1.54) is 25.3 Å². The Kier molecular flexibility index (Phi) is 6.56. The summed E-state index contributed by atoms with van der Waals surface area (Å²) < 4.78 is 71.4. The van der Waals surface area contributed by atoms with Crippen LogP contribution in [-0.2, 0) is 26.5 Å². The number of carbonyl (C=O) groups is 1. The second-order valence-corrected chi connectivity index (χ2v) is 9.63. The van der Waals surface area contributed by atoms with Crippen molar-refractivity contribution < 1.29 is 35.9 Å². The van der Waals surface area contributed by atoms with Crippen molar-refractivity contribution in [2.24, 2.45) is 0 Å². The van der Waals surface area contributed by atoms with Gasteiger partial charge in [0.15, 0.2) is 9.84 Å². The van der Waals surface area contributed by atoms with E-state index in [4.69, 9.17) is 0 Å². The molecule has 0 bridgehead atoms. The number of pyridine rings is 1. The second kappa shape index (κ2) is 8.90. The van der Waals surface area contributed by atoms with Crippen molar-refractivity contribution in [2.45, 2.75) is 43.0 Å². The summed E-state index contributed by atoms with van der Waals surface area (Å²) in [5, 5.41) is 12.2. The molecule has 1 heterocycles. The maximum atomic E-state index is 12.7. The number of nitriles is 1. The number of hydrogen-bond donors (Lipinski definition) is 1. The third kappa shape index (κ3) is 5.36. The van der Waals surface area contributed by atoms with Crippen LogP contribution in [0.4, 0.5) is 19.0 Å². The summed E-state index contributed by atoms with van der Waals surface area (Å²) in [4.78, 5) is 16.2. The Morgan fingerprint density at radius 1 is 1.30 bits per heavy atom. The molecule has 176 valence electrons. The second-order valence-electron chi connectivity index (χ2n) is 7.38. The highest BCUT2D eigenvalue weighted by Gasteiger charge is 2.45. The molecular formula is C21H20F3N3O5S. The maximum Gasteiger partial charge on any atom is 0.573 e. The number of esters is 1. The fourth-order valence-electron chi connectivity index (χ4n) is 3.21. The third-order valence-electron chi connectivity index (χ3n) is 5.25. The van der Waals surface area contributed by atoms with E-state index in [2.05, 4.69) is 25.8 Å². The summed E-state index contributed by atoms with van der Waals surface area (Å²) in [5.41, 5.74) is -0.190. The Balaban J connectivity index is 1.94. The zero-order chi connectivity index (χ0) is 24.4. The van der Waals surface area contributed by atoms with E-state index in [0.717, 1.165) is 19.2 Å². The van der Waals surface area contributed by atoms with Crippen molar-refractivity contribution in [1.82, 2.24) is 4.98 Å². The molecular weight excluding hydrogens is 463 g/mol. The smallest absolute Gasteiger partial charge is 0.465 e. The number of methoxy groups -OCH3 is 1. The average Bonchev–Trinajstić information content (AvgIpc) is 3.57. The van der Waals surface area contributed by atoms with Crippen molar-refractivity contribution in [1.29, 1.82) is 5.26 Å². The van der Waals surface area contributed by atoms with E-state index >= 15 is 0 Å². The van der Waals surface area contributed by atoms with Crippen LogP contribution in [0.2, 0.25) is 0 Å². The Hall–Kier alpha value is -3.33. The minimum absolute atomic E-state index is 0.000716. The van der Waals surface area contributed by atoms with Gasteiger partial charge in [0.1, 0.15) is 16.5 Å². The van der Waals surface area contributed by atoms with E-state index in [1.54, 1.807) is 0 Å². The van der Waals surface area contributed by atoms with Crippen molar-refractivity contribution >= 4 is 21.6 Å². The van der Waals surface area contributed by atoms with Crippen LogP contribution in [0.15, 0.2) is 35.4 Å². The molecule has 1 aliphatic rings. The molecule has 0 unspecified atom stereocenters. The monoisotopic (exact) mass is 483 g/mol. The van der Waals surface area contributed by atoms with Crippen molar-refractivity contribution in [3.05, 3.63) is 47.2 Å². The van der Waals surface area contributed by atoms with E-state index in [9.17, 15) is 31.6 Å². The molecule has 1 aromatic carbocycles. The van der Waals surface area contributed by atoms with Crippen LogP contribution in [0, 0.1) is 11.3 Å². The summed E-state index contributed by atoms with van der Waals surface area (Å²) >= 11 is 0. The Morgan fingerprint density at radius 3 is 2.55 bits per heavy atom. The summed E-state index contributed by atoms with van der Waals surface area (Å²) in [6, 6.07) is 6.77. The van der Waals surface area contributed by atoms with Gasteiger partial charge in [0.05, 0.1) is 29.9 Å². The van der Waals surface area contributed by atoms with E-state index in [1.807, 2.05) is 0 Å². The molecule has 0 spiro atoms. The number of benzene rings is 1. The fraction of sp³-hybridized carbons (Fsp3) is 0.381. The van der Waals surface area contributed by atoms with Gasteiger partial charge in [0.2, 0.25) is 0 Å². The molecule has 0 saturated heterocycles. The molecule has 0 atom stereocenters. The number of halogens is 3. The van der Waals surface area contributed by atoms with Crippen molar-refractivity contribution in [3.63, 3.8) is 0 Å². The molecule has 33 heavy (non-hydrogen) atoms. The van der Waals surface area contributed by atoms with Crippen LogP contribution in [-0.4, -0.2) is 38.6 Å². The van der Waals surface area contributed by atoms with Gasteiger partial charge in [-0.3, -0.25) is 0 Å². The third-order valence-corrected chi connectivity index (χ3v) is 6.99. The molecule has 1 aromatic heterocycles. The number of alkyl halides is 3. The van der Waals surface area contributed by atoms with E-state index in [-0.39, 0.29) is 34.1 Å². The summed E-state index contributed by atoms with van der Waals surface area (Å²) in [5.74, 6) is -1.70. The highest BCUT2D eigenvalue weighted by Crippen LogP contribution is 2.48. The first kappa shape index (κ1) is 24.3. The van der Waals surface area contributed by atoms with Crippen LogP contribution in [0.1, 0.15) is 41.3 Å². The number of carbonyl (C=O) groups excluding carboxylic acids is 1. The van der Waals surface area contributed by atoms with Gasteiger partial charge in [-0.05, 0) is 42.2 Å². The lowest BCUT2D eigenvalue weighted by atomic mass is 10.00. The summed E-state index contributed by atoms with van der Waals surface area (Å²) in [6.07, 6.45) is -2.30. The lowest BCUT2D eigenvalue weighted by Crippen LogP contribution is -2.18. The number of anilines is 1. The van der Waals surface area contributed by atoms with E-state index < -0.39 is 33.3 Å². The van der Waals surface area contributed by atoms with Gasteiger partial charge < -0.3 is 14.8 Å². The molecule has 1 saturated carbocycles. The number of nitrogens with one attached hydrogen (secondary N) is 1. The SMILES string of the molecule is CCS(=O)(=O)c1cc(C2(C#N)CC2)cnc1NCc1ccc(OC(F)(F)F)cc1C(=O)OC. The Bertz CT molecular complexity index is 1220. The van der Waals surface area contributed by atoms with Crippen LogP contribution >= 0.6 is 0 Å². The maximum absolute atomic E-state index is 12.7. The number of sulfone groups is 1. The van der Waals surface area contributed by atoms with Gasteiger partial charge in [0.25, 0.3) is 0 Å². The molecule has 1 fully saturated rings. The van der Waals surface area contributed by atoms with Gasteiger partial charge in [0, 0.05) is 12.7 Å². The van der Waals surface area contributed by atoms with E-state index in [0.29, 0.717) is 18.4 Å². The largest absolute Gasteiger partial charge is 0.573 e. The summed E-state index contributed by atoms with van der Waals surface area (Å²) in [6.45, 7) is 1.33. The number of rotatable bonds is 8. The zero-order valence-corrected chi connectivity index (χ0v) is 18.5. The van der Waals surface area contributed by atoms with Crippen LogP contribution in [0.3, 0.4) is 0 Å². The predicted octanol–water partition coefficient (Wildman–Crippen LogP) is 3.73. The number of hydrogen-bond acceptors (Lipinski definition) is 8. The van der Waals surface area contributed by atoms with Gasteiger partial charge in [-0.2, -0.15) is 5.26 Å². The van der Waals surface area contributed by atoms with Crippen molar-refractivity contribution in [3.8, 4) is 11.8 Å². The first-order valence-electron chi connectivity index (χ1n) is 9.80. The number of aromatic nitrogens is 1. The lowest BCUT2D eigenvalue weighted by molar-refractivity contribution is -0.274. The highest BCUT2D eigenvalue weighted by atomic mass is 32.2. The summed E-state index contributed by atoms with van der Waals surface area (Å²) in [7, 11) is -2.65. The molecule has 3 rings (SSSR count). The molecule has 0 radical (unpaired) electrons. The Morgan fingerprint density at radius 2 is 2.00 bits per heavy atom. The Labute approximate surface area is 188 Å². The van der Waals surface area contributed by atoms with Gasteiger partial charge in [-0.25, -0.2) is 18.2 Å². The first-order valence-corrected chi connectivity index (χ1v) is 11.5. The standard InChI is InChI=1S/C21H20F3N3O5S/c1-3-33(29,30)17-8-14(20(12-25)6-7-20)11-27-18(17)26-10-13-4-5-15(32-21(22,23)24)9-16(13)19(28)31-2/h4-5,8-9,11H,3,6-7,10H2,1-2H3,(H,26,27). The van der Waals surface area contributed by atoms with Gasteiger partial charge in [-0.1, -0.05) is 13.0 Å².